The highest BCUT2D eigenvalue weighted by Crippen LogP contribution is 2.29. The number of aromatic nitrogens is 1. The number of rotatable bonds is 2. The highest BCUT2D eigenvalue weighted by atomic mass is 16.3. The van der Waals surface area contributed by atoms with Gasteiger partial charge in [-0.3, -0.25) is 9.79 Å². The van der Waals surface area contributed by atoms with Crippen LogP contribution in [0.2, 0.25) is 0 Å². The molecule has 0 saturated heterocycles. The molecular weight excluding hydrogens is 228 g/mol. The van der Waals surface area contributed by atoms with Crippen molar-refractivity contribution in [3.8, 4) is 5.75 Å². The van der Waals surface area contributed by atoms with E-state index in [0.29, 0.717) is 6.42 Å². The molecule has 3 rings (SSSR count). The minimum absolute atomic E-state index is 0.114. The van der Waals surface area contributed by atoms with Crippen LogP contribution in [0.3, 0.4) is 0 Å². The van der Waals surface area contributed by atoms with Gasteiger partial charge in [0.2, 0.25) is 0 Å². The van der Waals surface area contributed by atoms with Crippen LogP contribution in [0.4, 0.5) is 0 Å². The Morgan fingerprint density at radius 2 is 2.33 bits per heavy atom. The lowest BCUT2D eigenvalue weighted by molar-refractivity contribution is -0.115. The van der Waals surface area contributed by atoms with Crippen molar-refractivity contribution in [3.63, 3.8) is 0 Å². The van der Waals surface area contributed by atoms with Crippen molar-refractivity contribution < 1.29 is 9.90 Å². The fourth-order valence-electron chi connectivity index (χ4n) is 2.51. The molecule has 4 heteroatoms. The lowest BCUT2D eigenvalue weighted by Crippen LogP contribution is -2.15. The van der Waals surface area contributed by atoms with Crippen molar-refractivity contribution in [2.75, 3.05) is 6.54 Å². The lowest BCUT2D eigenvalue weighted by atomic mass is 10.00. The largest absolute Gasteiger partial charge is 0.508 e. The van der Waals surface area contributed by atoms with Gasteiger partial charge in [-0.1, -0.05) is 0 Å². The normalized spacial score (nSPS) is 14.4. The number of hydrogen-bond donors (Lipinski definition) is 2. The van der Waals surface area contributed by atoms with Gasteiger partial charge >= 0.3 is 0 Å². The number of Topliss-reactive ketones (excluding diaryl/α,β-unsaturated/α-hetero) is 1. The molecule has 0 radical (unpaired) electrons. The topological polar surface area (TPSA) is 65.5 Å². The number of nitrogens with one attached hydrogen (secondary N) is 1. The van der Waals surface area contributed by atoms with Crippen LogP contribution in [0.1, 0.15) is 24.6 Å². The maximum absolute atomic E-state index is 11.3. The zero-order valence-electron chi connectivity index (χ0n) is 10.2. The van der Waals surface area contributed by atoms with Gasteiger partial charge in [0, 0.05) is 23.5 Å². The molecule has 1 aromatic heterocycles. The summed E-state index contributed by atoms with van der Waals surface area (Å²) >= 11 is 0. The minimum Gasteiger partial charge on any atom is -0.508 e. The standard InChI is InChI=1S/C14H14N2O2/c1-8(17)6-13-14-11(4-5-15-13)10-3-2-9(18)7-12(10)16-14/h2-3,7,16,18H,4-6H2,1H3. The van der Waals surface area contributed by atoms with Crippen LogP contribution in [0.15, 0.2) is 23.2 Å². The molecular formula is C14H14N2O2. The van der Waals surface area contributed by atoms with Gasteiger partial charge in [0.25, 0.3) is 0 Å². The van der Waals surface area contributed by atoms with Crippen LogP contribution in [-0.4, -0.2) is 28.1 Å². The molecule has 0 atom stereocenters. The van der Waals surface area contributed by atoms with E-state index in [0.717, 1.165) is 35.3 Å². The lowest BCUT2D eigenvalue weighted by Gasteiger charge is -2.12. The second-order valence-electron chi connectivity index (χ2n) is 4.67. The fraction of sp³-hybridized carbons (Fsp3) is 0.286. The molecule has 0 bridgehead atoms. The number of H-pyrrole nitrogens is 1. The molecule has 1 aromatic carbocycles. The number of aromatic hydroxyl groups is 1. The number of benzene rings is 1. The molecule has 2 aromatic rings. The Morgan fingerprint density at radius 3 is 3.11 bits per heavy atom. The monoisotopic (exact) mass is 242 g/mol. The molecule has 1 aliphatic rings. The fourth-order valence-corrected chi connectivity index (χ4v) is 2.51. The number of aliphatic imine (C=N–C) groups is 1. The van der Waals surface area contributed by atoms with E-state index in [1.807, 2.05) is 6.07 Å². The average Bonchev–Trinajstić information content (AvgIpc) is 2.67. The summed E-state index contributed by atoms with van der Waals surface area (Å²) in [5.41, 5.74) is 3.89. The quantitative estimate of drug-likeness (QED) is 0.847. The second kappa shape index (κ2) is 3.98. The van der Waals surface area contributed by atoms with Gasteiger partial charge < -0.3 is 10.1 Å². The molecule has 2 N–H and O–H groups in total. The van der Waals surface area contributed by atoms with Crippen LogP contribution < -0.4 is 0 Å². The van der Waals surface area contributed by atoms with Crippen molar-refractivity contribution in [2.24, 2.45) is 4.99 Å². The molecule has 1 aliphatic heterocycles. The van der Waals surface area contributed by atoms with Gasteiger partial charge in [-0.25, -0.2) is 0 Å². The highest BCUT2D eigenvalue weighted by Gasteiger charge is 2.20. The van der Waals surface area contributed by atoms with Gasteiger partial charge in [-0.15, -0.1) is 0 Å². The first kappa shape index (κ1) is 11.0. The summed E-state index contributed by atoms with van der Waals surface area (Å²) in [7, 11) is 0. The van der Waals surface area contributed by atoms with E-state index in [1.165, 1.54) is 5.56 Å². The number of carbonyl (C=O) groups is 1. The smallest absolute Gasteiger partial charge is 0.135 e. The number of carbonyl (C=O) groups excluding carboxylic acids is 1. The molecule has 4 nitrogen and oxygen atoms in total. The Kier molecular flexibility index (Phi) is 2.44. The molecule has 92 valence electrons. The summed E-state index contributed by atoms with van der Waals surface area (Å²) in [5.74, 6) is 0.356. The summed E-state index contributed by atoms with van der Waals surface area (Å²) in [6.07, 6.45) is 1.24. The minimum atomic E-state index is 0.114. The Hall–Kier alpha value is -2.10. The van der Waals surface area contributed by atoms with Crippen LogP contribution in [0, 0.1) is 0 Å². The molecule has 0 aliphatic carbocycles. The Morgan fingerprint density at radius 1 is 1.50 bits per heavy atom. The Labute approximate surface area is 104 Å². The van der Waals surface area contributed by atoms with Crippen molar-refractivity contribution in [1.82, 2.24) is 4.98 Å². The van der Waals surface area contributed by atoms with Crippen LogP contribution in [0.5, 0.6) is 5.75 Å². The van der Waals surface area contributed by atoms with Gasteiger partial charge in [-0.2, -0.15) is 0 Å². The molecule has 0 spiro atoms. The molecule has 2 heterocycles. The summed E-state index contributed by atoms with van der Waals surface area (Å²) in [5, 5.41) is 10.6. The maximum Gasteiger partial charge on any atom is 0.135 e. The van der Waals surface area contributed by atoms with Gasteiger partial charge in [0.15, 0.2) is 0 Å². The van der Waals surface area contributed by atoms with E-state index >= 15 is 0 Å². The Bertz CT molecular complexity index is 668. The number of ketones is 1. The zero-order chi connectivity index (χ0) is 12.7. The first-order valence-corrected chi connectivity index (χ1v) is 6.02. The van der Waals surface area contributed by atoms with Crippen molar-refractivity contribution in [3.05, 3.63) is 29.5 Å². The first-order chi connectivity index (χ1) is 8.65. The first-order valence-electron chi connectivity index (χ1n) is 6.02. The van der Waals surface area contributed by atoms with Gasteiger partial charge in [-0.05, 0) is 31.0 Å². The predicted octanol–water partition coefficient (Wildman–Crippen LogP) is 2.20. The molecule has 18 heavy (non-hydrogen) atoms. The van der Waals surface area contributed by atoms with E-state index in [4.69, 9.17) is 0 Å². The molecule has 0 amide bonds. The van der Waals surface area contributed by atoms with Crippen LogP contribution >= 0.6 is 0 Å². The number of nitrogens with zero attached hydrogens (tertiary/aromatic N) is 1. The van der Waals surface area contributed by atoms with Gasteiger partial charge in [0.1, 0.15) is 11.5 Å². The van der Waals surface area contributed by atoms with Crippen LogP contribution in [0.25, 0.3) is 10.9 Å². The Balaban J connectivity index is 2.17. The number of aromatic amines is 1. The second-order valence-corrected chi connectivity index (χ2v) is 4.67. The molecule has 0 saturated carbocycles. The van der Waals surface area contributed by atoms with E-state index in [9.17, 15) is 9.90 Å². The summed E-state index contributed by atoms with van der Waals surface area (Å²) in [6, 6.07) is 5.31. The third-order valence-electron chi connectivity index (χ3n) is 3.26. The molecule has 0 unspecified atom stereocenters. The third-order valence-corrected chi connectivity index (χ3v) is 3.26. The molecule has 0 fully saturated rings. The van der Waals surface area contributed by atoms with Crippen molar-refractivity contribution >= 4 is 22.4 Å². The average molecular weight is 242 g/mol. The van der Waals surface area contributed by atoms with Crippen molar-refractivity contribution in [2.45, 2.75) is 19.8 Å². The van der Waals surface area contributed by atoms with Gasteiger partial charge in [0.05, 0.1) is 17.8 Å². The summed E-state index contributed by atoms with van der Waals surface area (Å²) in [4.78, 5) is 19.0. The highest BCUT2D eigenvalue weighted by molar-refractivity contribution is 6.13. The third kappa shape index (κ3) is 1.70. The summed E-state index contributed by atoms with van der Waals surface area (Å²) in [6.45, 7) is 2.30. The van der Waals surface area contributed by atoms with Crippen molar-refractivity contribution in [1.29, 1.82) is 0 Å². The zero-order valence-corrected chi connectivity index (χ0v) is 10.2. The maximum atomic E-state index is 11.3. The SMILES string of the molecule is CC(=O)CC1=NCCc2c1[nH]c1cc(O)ccc21. The number of hydrogen-bond acceptors (Lipinski definition) is 3. The van der Waals surface area contributed by atoms with E-state index in [-0.39, 0.29) is 11.5 Å². The number of phenols is 1. The van der Waals surface area contributed by atoms with E-state index < -0.39 is 0 Å². The predicted molar refractivity (Wildman–Crippen MR) is 70.4 cm³/mol. The van der Waals surface area contributed by atoms with E-state index in [1.54, 1.807) is 19.1 Å². The number of fused-ring (bicyclic) bond motifs is 3. The number of phenolic OH excluding ortho intramolecular Hbond substituents is 1. The summed E-state index contributed by atoms with van der Waals surface area (Å²) < 4.78 is 0. The van der Waals surface area contributed by atoms with Crippen LogP contribution in [-0.2, 0) is 11.2 Å². The van der Waals surface area contributed by atoms with E-state index in [2.05, 4.69) is 9.98 Å².